The van der Waals surface area contributed by atoms with E-state index in [2.05, 4.69) is 5.32 Å². The summed E-state index contributed by atoms with van der Waals surface area (Å²) in [5, 5.41) is 20.2. The molecule has 1 aromatic rings. The zero-order valence-corrected chi connectivity index (χ0v) is 11.4. The third kappa shape index (κ3) is 4.09. The van der Waals surface area contributed by atoms with Crippen molar-refractivity contribution in [1.82, 2.24) is 5.32 Å². The predicted octanol–water partition coefficient (Wildman–Crippen LogP) is 0.413. The summed E-state index contributed by atoms with van der Waals surface area (Å²) in [4.78, 5) is 22.4. The fourth-order valence-electron chi connectivity index (χ4n) is 1.85. The molecule has 0 aliphatic carbocycles. The van der Waals surface area contributed by atoms with Gasteiger partial charge in [0.2, 0.25) is 0 Å². The number of aliphatic hydroxyl groups excluding tert-OH is 1. The second-order valence-corrected chi connectivity index (χ2v) is 4.61. The maximum absolute atomic E-state index is 11.9. The number of benzene rings is 1. The summed E-state index contributed by atoms with van der Waals surface area (Å²) in [5.41, 5.74) is 0.393. The molecule has 1 aliphatic rings. The van der Waals surface area contributed by atoms with Crippen molar-refractivity contribution in [2.45, 2.75) is 18.9 Å². The predicted molar refractivity (Wildman–Crippen MR) is 72.6 cm³/mol. The molecule has 1 atom stereocenters. The number of hydrogen-bond acceptors (Lipinski definition) is 5. The van der Waals surface area contributed by atoms with Gasteiger partial charge < -0.3 is 25.0 Å². The Kier molecular flexibility index (Phi) is 4.99. The Morgan fingerprint density at radius 1 is 1.24 bits per heavy atom. The van der Waals surface area contributed by atoms with Gasteiger partial charge in [0.25, 0.3) is 5.91 Å². The Hall–Kier alpha value is -2.28. The van der Waals surface area contributed by atoms with Gasteiger partial charge >= 0.3 is 5.97 Å². The highest BCUT2D eigenvalue weighted by atomic mass is 16.5. The number of rotatable bonds is 5. The summed E-state index contributed by atoms with van der Waals surface area (Å²) < 4.78 is 11.0. The standard InChI is InChI=1S/C14H17NO6/c16-10(14(18)19)4-5-15-13(17)9-2-3-11-12(8-9)21-7-1-6-20-11/h2-3,8,10,16H,1,4-7H2,(H,15,17)(H,18,19). The van der Waals surface area contributed by atoms with Crippen LogP contribution >= 0.6 is 0 Å². The topological polar surface area (TPSA) is 105 Å². The van der Waals surface area contributed by atoms with E-state index in [1.807, 2.05) is 0 Å². The summed E-state index contributed by atoms with van der Waals surface area (Å²) in [6.45, 7) is 1.18. The summed E-state index contributed by atoms with van der Waals surface area (Å²) >= 11 is 0. The maximum atomic E-state index is 11.9. The first-order valence-corrected chi connectivity index (χ1v) is 6.66. The molecule has 21 heavy (non-hydrogen) atoms. The van der Waals surface area contributed by atoms with Gasteiger partial charge in [0.05, 0.1) is 13.2 Å². The number of ether oxygens (including phenoxy) is 2. The number of hydrogen-bond donors (Lipinski definition) is 3. The van der Waals surface area contributed by atoms with Crippen LogP contribution in [0.15, 0.2) is 18.2 Å². The molecule has 0 spiro atoms. The van der Waals surface area contributed by atoms with E-state index in [4.69, 9.17) is 19.7 Å². The van der Waals surface area contributed by atoms with Gasteiger partial charge in [-0.15, -0.1) is 0 Å². The number of carbonyl (C=O) groups excluding carboxylic acids is 1. The normalized spacial score (nSPS) is 14.9. The van der Waals surface area contributed by atoms with E-state index >= 15 is 0 Å². The van der Waals surface area contributed by atoms with Crippen LogP contribution in [0.5, 0.6) is 11.5 Å². The van der Waals surface area contributed by atoms with E-state index in [1.165, 1.54) is 0 Å². The summed E-state index contributed by atoms with van der Waals surface area (Å²) in [5.74, 6) is -0.542. The van der Waals surface area contributed by atoms with Crippen molar-refractivity contribution in [3.8, 4) is 11.5 Å². The van der Waals surface area contributed by atoms with Crippen molar-refractivity contribution in [2.24, 2.45) is 0 Å². The lowest BCUT2D eigenvalue weighted by atomic mass is 10.2. The number of aliphatic hydroxyl groups is 1. The quantitative estimate of drug-likeness (QED) is 0.727. The molecule has 0 saturated carbocycles. The van der Waals surface area contributed by atoms with E-state index in [9.17, 15) is 9.59 Å². The van der Waals surface area contributed by atoms with Crippen LogP contribution in [0.2, 0.25) is 0 Å². The van der Waals surface area contributed by atoms with E-state index < -0.39 is 12.1 Å². The van der Waals surface area contributed by atoms with E-state index in [1.54, 1.807) is 18.2 Å². The number of carboxylic acids is 1. The van der Waals surface area contributed by atoms with Gasteiger partial charge in [-0.05, 0) is 18.2 Å². The Morgan fingerprint density at radius 3 is 2.67 bits per heavy atom. The second kappa shape index (κ2) is 6.94. The Labute approximate surface area is 121 Å². The first kappa shape index (κ1) is 15.1. The zero-order valence-electron chi connectivity index (χ0n) is 11.4. The number of fused-ring (bicyclic) bond motifs is 1. The lowest BCUT2D eigenvalue weighted by Gasteiger charge is -2.10. The summed E-state index contributed by atoms with van der Waals surface area (Å²) in [6, 6.07) is 4.86. The lowest BCUT2D eigenvalue weighted by Crippen LogP contribution is -2.30. The molecule has 1 aromatic carbocycles. The third-order valence-electron chi connectivity index (χ3n) is 3.00. The van der Waals surface area contributed by atoms with Gasteiger partial charge in [0.1, 0.15) is 0 Å². The largest absolute Gasteiger partial charge is 0.490 e. The molecule has 2 rings (SSSR count). The number of amides is 1. The highest BCUT2D eigenvalue weighted by Crippen LogP contribution is 2.30. The highest BCUT2D eigenvalue weighted by Gasteiger charge is 2.16. The fraction of sp³-hybridized carbons (Fsp3) is 0.429. The summed E-state index contributed by atoms with van der Waals surface area (Å²) in [7, 11) is 0. The average Bonchev–Trinajstić information content (AvgIpc) is 2.71. The van der Waals surface area contributed by atoms with E-state index in [0.717, 1.165) is 6.42 Å². The highest BCUT2D eigenvalue weighted by molar-refractivity contribution is 5.94. The van der Waals surface area contributed by atoms with E-state index in [-0.39, 0.29) is 18.9 Å². The van der Waals surface area contributed by atoms with Crippen LogP contribution in [0.3, 0.4) is 0 Å². The van der Waals surface area contributed by atoms with Gasteiger partial charge in [-0.2, -0.15) is 0 Å². The lowest BCUT2D eigenvalue weighted by molar-refractivity contribution is -0.146. The monoisotopic (exact) mass is 295 g/mol. The molecule has 7 heteroatoms. The van der Waals surface area contributed by atoms with Crippen LogP contribution in [0.4, 0.5) is 0 Å². The van der Waals surface area contributed by atoms with Crippen molar-refractivity contribution in [3.63, 3.8) is 0 Å². The van der Waals surface area contributed by atoms with Crippen LogP contribution < -0.4 is 14.8 Å². The number of aliphatic carboxylic acids is 1. The van der Waals surface area contributed by atoms with Gasteiger partial charge in [0, 0.05) is 24.9 Å². The minimum atomic E-state index is -1.48. The SMILES string of the molecule is O=C(NCCC(O)C(=O)O)c1ccc2c(c1)OCCCO2. The third-order valence-corrected chi connectivity index (χ3v) is 3.00. The maximum Gasteiger partial charge on any atom is 0.332 e. The average molecular weight is 295 g/mol. The van der Waals surface area contributed by atoms with Gasteiger partial charge in [-0.1, -0.05) is 0 Å². The molecular weight excluding hydrogens is 278 g/mol. The molecule has 3 N–H and O–H groups in total. The number of nitrogens with one attached hydrogen (secondary N) is 1. The van der Waals surface area contributed by atoms with Gasteiger partial charge in [0.15, 0.2) is 17.6 Å². The smallest absolute Gasteiger partial charge is 0.332 e. The molecule has 0 fully saturated rings. The van der Waals surface area contributed by atoms with E-state index in [0.29, 0.717) is 30.3 Å². The fourth-order valence-corrected chi connectivity index (χ4v) is 1.85. The van der Waals surface area contributed by atoms with Crippen molar-refractivity contribution >= 4 is 11.9 Å². The van der Waals surface area contributed by atoms with Crippen molar-refractivity contribution in [1.29, 1.82) is 0 Å². The van der Waals surface area contributed by atoms with Crippen LogP contribution in [-0.2, 0) is 4.79 Å². The molecule has 0 aromatic heterocycles. The molecule has 1 unspecified atom stereocenters. The molecule has 0 saturated heterocycles. The minimum Gasteiger partial charge on any atom is -0.490 e. The molecule has 114 valence electrons. The first-order valence-electron chi connectivity index (χ1n) is 6.66. The second-order valence-electron chi connectivity index (χ2n) is 4.61. The molecular formula is C14H17NO6. The zero-order chi connectivity index (χ0) is 15.2. The molecule has 0 radical (unpaired) electrons. The minimum absolute atomic E-state index is 0.0500. The Morgan fingerprint density at radius 2 is 1.95 bits per heavy atom. The summed E-state index contributed by atoms with van der Waals surface area (Å²) in [6.07, 6.45) is -0.747. The molecule has 0 bridgehead atoms. The van der Waals surface area contributed by atoms with Crippen molar-refractivity contribution in [2.75, 3.05) is 19.8 Å². The molecule has 1 aliphatic heterocycles. The van der Waals surface area contributed by atoms with Gasteiger partial charge in [-0.25, -0.2) is 4.79 Å². The Balaban J connectivity index is 1.93. The molecule has 7 nitrogen and oxygen atoms in total. The number of carboxylic acid groups (broad SMARTS) is 1. The van der Waals surface area contributed by atoms with Crippen LogP contribution in [0, 0.1) is 0 Å². The first-order chi connectivity index (χ1) is 10.1. The van der Waals surface area contributed by atoms with Crippen LogP contribution in [0.25, 0.3) is 0 Å². The van der Waals surface area contributed by atoms with Crippen molar-refractivity contribution < 1.29 is 29.3 Å². The van der Waals surface area contributed by atoms with Crippen LogP contribution in [0.1, 0.15) is 23.2 Å². The van der Waals surface area contributed by atoms with Gasteiger partial charge in [-0.3, -0.25) is 4.79 Å². The molecule has 1 amide bonds. The Bertz CT molecular complexity index is 530. The van der Waals surface area contributed by atoms with Crippen molar-refractivity contribution in [3.05, 3.63) is 23.8 Å². The van der Waals surface area contributed by atoms with Crippen LogP contribution in [-0.4, -0.2) is 48.0 Å². The molecule has 1 heterocycles. The number of carbonyl (C=O) groups is 2.